The maximum atomic E-state index is 13.3. The van der Waals surface area contributed by atoms with Crippen LogP contribution >= 0.6 is 11.8 Å². The lowest BCUT2D eigenvalue weighted by atomic mass is 10.1. The molecule has 1 atom stereocenters. The molecule has 0 aliphatic heterocycles. The van der Waals surface area contributed by atoms with Gasteiger partial charge in [0.25, 0.3) is 0 Å². The van der Waals surface area contributed by atoms with E-state index < -0.39 is 24.7 Å². The summed E-state index contributed by atoms with van der Waals surface area (Å²) < 4.78 is 50.4. The van der Waals surface area contributed by atoms with E-state index >= 15 is 0 Å². The van der Waals surface area contributed by atoms with E-state index in [2.05, 4.69) is 6.58 Å². The molecular weight excluding hydrogens is 401 g/mol. The first kappa shape index (κ1) is 21.0. The zero-order chi connectivity index (χ0) is 21.0. The van der Waals surface area contributed by atoms with Crippen LogP contribution in [0.3, 0.4) is 0 Å². The van der Waals surface area contributed by atoms with Crippen molar-refractivity contribution in [1.29, 1.82) is 0 Å². The average Bonchev–Trinajstić information content (AvgIpc) is 3.10. The van der Waals surface area contributed by atoms with Crippen molar-refractivity contribution in [2.24, 2.45) is 5.92 Å². The Morgan fingerprint density at radius 3 is 2.55 bits per heavy atom. The highest BCUT2D eigenvalue weighted by molar-refractivity contribution is 7.99. The number of ether oxygens (including phenoxy) is 1. The number of carbonyl (C=O) groups excluding carboxylic acids is 1. The molecule has 0 bridgehead atoms. The second kappa shape index (κ2) is 8.78. The zero-order valence-electron chi connectivity index (χ0n) is 15.7. The van der Waals surface area contributed by atoms with E-state index in [0.29, 0.717) is 16.2 Å². The predicted octanol–water partition coefficient (Wildman–Crippen LogP) is 6.49. The first-order chi connectivity index (χ1) is 13.7. The molecule has 3 nitrogen and oxygen atoms in total. The molecule has 1 aromatic heterocycles. The third kappa shape index (κ3) is 5.44. The van der Waals surface area contributed by atoms with Crippen LogP contribution < -0.4 is 0 Å². The summed E-state index contributed by atoms with van der Waals surface area (Å²) in [6, 6.07) is 16.8. The maximum absolute atomic E-state index is 13.3. The third-order valence-electron chi connectivity index (χ3n) is 4.23. The third-order valence-corrected chi connectivity index (χ3v) is 5.38. The first-order valence-corrected chi connectivity index (χ1v) is 9.84. The van der Waals surface area contributed by atoms with Crippen LogP contribution in [0, 0.1) is 5.92 Å². The second-order valence-electron chi connectivity index (χ2n) is 6.60. The van der Waals surface area contributed by atoms with Gasteiger partial charge in [-0.15, -0.1) is 11.8 Å². The van der Waals surface area contributed by atoms with Gasteiger partial charge in [0.2, 0.25) is 0 Å². The lowest BCUT2D eigenvalue weighted by molar-refractivity contribution is -0.183. The number of alkyl halides is 3. The zero-order valence-corrected chi connectivity index (χ0v) is 16.5. The van der Waals surface area contributed by atoms with Crippen molar-refractivity contribution in [3.8, 4) is 11.3 Å². The SMILES string of the molecule is C=C(C)C(=O)OCC(CSc1ccc2cc(-c3ccccc3)oc2c1)C(F)(F)F. The number of hydrogen-bond acceptors (Lipinski definition) is 4. The van der Waals surface area contributed by atoms with Gasteiger partial charge in [-0.1, -0.05) is 36.9 Å². The van der Waals surface area contributed by atoms with Crippen LogP contribution in [-0.4, -0.2) is 24.5 Å². The lowest BCUT2D eigenvalue weighted by Gasteiger charge is -2.19. The normalized spacial score (nSPS) is 12.7. The van der Waals surface area contributed by atoms with Gasteiger partial charge >= 0.3 is 12.1 Å². The highest BCUT2D eigenvalue weighted by Gasteiger charge is 2.40. The number of furan rings is 1. The largest absolute Gasteiger partial charge is 0.462 e. The Balaban J connectivity index is 1.71. The van der Waals surface area contributed by atoms with Crippen molar-refractivity contribution in [3.05, 3.63) is 66.7 Å². The summed E-state index contributed by atoms with van der Waals surface area (Å²) >= 11 is 1.04. The molecule has 0 saturated carbocycles. The van der Waals surface area contributed by atoms with E-state index in [9.17, 15) is 18.0 Å². The van der Waals surface area contributed by atoms with Gasteiger partial charge in [0.15, 0.2) is 0 Å². The molecule has 0 radical (unpaired) electrons. The molecule has 0 N–H and O–H groups in total. The van der Waals surface area contributed by atoms with Crippen molar-refractivity contribution < 1.29 is 27.1 Å². The number of hydrogen-bond donors (Lipinski definition) is 0. The molecule has 0 fully saturated rings. The minimum absolute atomic E-state index is 0.0658. The summed E-state index contributed by atoms with van der Waals surface area (Å²) in [7, 11) is 0. The summed E-state index contributed by atoms with van der Waals surface area (Å²) in [6.07, 6.45) is -4.47. The molecule has 3 aromatic rings. The molecule has 29 heavy (non-hydrogen) atoms. The lowest BCUT2D eigenvalue weighted by Crippen LogP contribution is -2.30. The molecule has 3 rings (SSSR count). The summed E-state index contributed by atoms with van der Waals surface area (Å²) in [5.41, 5.74) is 1.59. The maximum Gasteiger partial charge on any atom is 0.395 e. The topological polar surface area (TPSA) is 39.4 Å². The molecule has 1 heterocycles. The number of fused-ring (bicyclic) bond motifs is 1. The highest BCUT2D eigenvalue weighted by Crippen LogP contribution is 2.34. The smallest absolute Gasteiger partial charge is 0.395 e. The van der Waals surface area contributed by atoms with E-state index in [1.165, 1.54) is 6.92 Å². The summed E-state index contributed by atoms with van der Waals surface area (Å²) in [4.78, 5) is 12.1. The van der Waals surface area contributed by atoms with Crippen molar-refractivity contribution >= 4 is 28.7 Å². The molecule has 0 aliphatic rings. The first-order valence-electron chi connectivity index (χ1n) is 8.85. The molecule has 7 heteroatoms. The Bertz CT molecular complexity index is 1010. The fourth-order valence-electron chi connectivity index (χ4n) is 2.58. The summed E-state index contributed by atoms with van der Waals surface area (Å²) in [6.45, 7) is 4.03. The van der Waals surface area contributed by atoms with Crippen molar-refractivity contribution in [3.63, 3.8) is 0 Å². The van der Waals surface area contributed by atoms with Crippen LogP contribution in [0.4, 0.5) is 13.2 Å². The van der Waals surface area contributed by atoms with Crippen molar-refractivity contribution in [1.82, 2.24) is 0 Å². The monoisotopic (exact) mass is 420 g/mol. The van der Waals surface area contributed by atoms with E-state index in [1.54, 1.807) is 12.1 Å². The number of rotatable bonds is 7. The van der Waals surface area contributed by atoms with Crippen LogP contribution in [0.5, 0.6) is 0 Å². The number of esters is 1. The van der Waals surface area contributed by atoms with Crippen LogP contribution in [0.2, 0.25) is 0 Å². The van der Waals surface area contributed by atoms with Crippen LogP contribution in [0.15, 0.2) is 76.1 Å². The average molecular weight is 420 g/mol. The number of halogens is 3. The molecule has 1 unspecified atom stereocenters. The van der Waals surface area contributed by atoms with E-state index in [4.69, 9.17) is 9.15 Å². The summed E-state index contributed by atoms with van der Waals surface area (Å²) in [5.74, 6) is -2.18. The van der Waals surface area contributed by atoms with E-state index in [1.807, 2.05) is 42.5 Å². The van der Waals surface area contributed by atoms with E-state index in [0.717, 1.165) is 22.7 Å². The van der Waals surface area contributed by atoms with Crippen LogP contribution in [0.1, 0.15) is 6.92 Å². The number of carbonyl (C=O) groups is 1. The van der Waals surface area contributed by atoms with Gasteiger partial charge in [-0.25, -0.2) is 4.79 Å². The fourth-order valence-corrected chi connectivity index (χ4v) is 3.61. The van der Waals surface area contributed by atoms with Gasteiger partial charge in [-0.05, 0) is 31.2 Å². The number of thioether (sulfide) groups is 1. The Kier molecular flexibility index (Phi) is 6.37. The molecular formula is C22H19F3O3S. The number of benzene rings is 2. The minimum Gasteiger partial charge on any atom is -0.462 e. The molecule has 0 amide bonds. The van der Waals surface area contributed by atoms with Gasteiger partial charge < -0.3 is 9.15 Å². The Morgan fingerprint density at radius 1 is 1.17 bits per heavy atom. The van der Waals surface area contributed by atoms with Gasteiger partial charge in [0.05, 0.1) is 5.92 Å². The van der Waals surface area contributed by atoms with Crippen LogP contribution in [0.25, 0.3) is 22.3 Å². The second-order valence-corrected chi connectivity index (χ2v) is 7.70. The fraction of sp³-hybridized carbons (Fsp3) is 0.227. The highest BCUT2D eigenvalue weighted by atomic mass is 32.2. The van der Waals surface area contributed by atoms with E-state index in [-0.39, 0.29) is 11.3 Å². The van der Waals surface area contributed by atoms with Gasteiger partial charge in [0, 0.05) is 27.2 Å². The quantitative estimate of drug-likeness (QED) is 0.249. The van der Waals surface area contributed by atoms with Crippen LogP contribution in [-0.2, 0) is 9.53 Å². The Labute approximate surface area is 170 Å². The minimum atomic E-state index is -4.47. The van der Waals surface area contributed by atoms with Gasteiger partial charge in [-0.2, -0.15) is 13.2 Å². The molecule has 0 aliphatic carbocycles. The molecule has 2 aromatic carbocycles. The molecule has 0 spiro atoms. The molecule has 152 valence electrons. The Morgan fingerprint density at radius 2 is 1.90 bits per heavy atom. The van der Waals surface area contributed by atoms with Crippen molar-refractivity contribution in [2.75, 3.05) is 12.4 Å². The van der Waals surface area contributed by atoms with Crippen molar-refractivity contribution in [2.45, 2.75) is 18.0 Å². The summed E-state index contributed by atoms with van der Waals surface area (Å²) in [5, 5.41) is 0.871. The Hall–Kier alpha value is -2.67. The standard InChI is InChI=1S/C22H19F3O3S/c1-14(2)21(26)27-12-17(22(23,24)25)13-29-18-9-8-16-10-19(28-20(16)11-18)15-6-4-3-5-7-15/h3-11,17H,1,12-13H2,2H3. The van der Waals surface area contributed by atoms with Gasteiger partial charge in [-0.3, -0.25) is 0 Å². The molecule has 0 saturated heterocycles. The van der Waals surface area contributed by atoms with Gasteiger partial charge in [0.1, 0.15) is 18.0 Å². The predicted molar refractivity (Wildman–Crippen MR) is 108 cm³/mol.